The lowest BCUT2D eigenvalue weighted by atomic mass is 9.83. The molecule has 1 N–H and O–H groups in total. The zero-order chi connectivity index (χ0) is 14.1. The van der Waals surface area contributed by atoms with E-state index in [0.29, 0.717) is 12.0 Å². The van der Waals surface area contributed by atoms with Gasteiger partial charge in [0, 0.05) is 12.6 Å². The van der Waals surface area contributed by atoms with Gasteiger partial charge in [0.05, 0.1) is 7.11 Å². The largest absolute Gasteiger partial charge is 0.481 e. The lowest BCUT2D eigenvalue weighted by molar-refractivity contribution is -0.141. The Balaban J connectivity index is 2.29. The van der Waals surface area contributed by atoms with Crippen LogP contribution >= 0.6 is 0 Å². The van der Waals surface area contributed by atoms with Crippen LogP contribution in [-0.4, -0.2) is 25.2 Å². The second kappa shape index (κ2) is 5.00. The highest BCUT2D eigenvalue weighted by atomic mass is 19.4. The van der Waals surface area contributed by atoms with Crippen LogP contribution in [0.2, 0.25) is 0 Å². The Kier molecular flexibility index (Phi) is 3.71. The molecular formula is C13H17F3N2O. The summed E-state index contributed by atoms with van der Waals surface area (Å²) in [5, 5.41) is 3.24. The predicted octanol–water partition coefficient (Wildman–Crippen LogP) is 2.65. The molecule has 3 nitrogen and oxygen atoms in total. The Bertz CT molecular complexity index is 454. The summed E-state index contributed by atoms with van der Waals surface area (Å²) in [6.45, 7) is 3.80. The number of nitrogens with one attached hydrogen (secondary N) is 1. The second-order valence-electron chi connectivity index (χ2n) is 5.31. The number of aromatic nitrogens is 1. The van der Waals surface area contributed by atoms with Crippen LogP contribution in [0.3, 0.4) is 0 Å². The van der Waals surface area contributed by atoms with Gasteiger partial charge in [0.15, 0.2) is 0 Å². The lowest BCUT2D eigenvalue weighted by Crippen LogP contribution is -2.23. The Morgan fingerprint density at radius 2 is 2.16 bits per heavy atom. The molecule has 0 saturated carbocycles. The summed E-state index contributed by atoms with van der Waals surface area (Å²) in [6.07, 6.45) is -2.90. The van der Waals surface area contributed by atoms with Crippen molar-refractivity contribution in [1.82, 2.24) is 10.3 Å². The van der Waals surface area contributed by atoms with Crippen LogP contribution in [0.15, 0.2) is 12.1 Å². The van der Waals surface area contributed by atoms with E-state index >= 15 is 0 Å². The number of ether oxygens (including phenoxy) is 1. The molecule has 0 radical (unpaired) electrons. The van der Waals surface area contributed by atoms with Gasteiger partial charge in [0.2, 0.25) is 5.88 Å². The number of rotatable bonds is 3. The van der Waals surface area contributed by atoms with E-state index < -0.39 is 11.9 Å². The summed E-state index contributed by atoms with van der Waals surface area (Å²) in [4.78, 5) is 3.46. The van der Waals surface area contributed by atoms with E-state index in [-0.39, 0.29) is 11.3 Å². The summed E-state index contributed by atoms with van der Waals surface area (Å²) in [5.41, 5.74) is -0.281. The molecule has 2 heterocycles. The topological polar surface area (TPSA) is 34.1 Å². The lowest BCUT2D eigenvalue weighted by Gasteiger charge is -2.23. The van der Waals surface area contributed by atoms with Crippen LogP contribution in [0, 0.1) is 5.41 Å². The highest BCUT2D eigenvalue weighted by Crippen LogP contribution is 2.34. The highest BCUT2D eigenvalue weighted by Gasteiger charge is 2.35. The number of pyridine rings is 1. The van der Waals surface area contributed by atoms with Crippen LogP contribution in [0.5, 0.6) is 5.88 Å². The Morgan fingerprint density at radius 1 is 1.42 bits per heavy atom. The van der Waals surface area contributed by atoms with Gasteiger partial charge in [0.25, 0.3) is 0 Å². The third-order valence-corrected chi connectivity index (χ3v) is 3.45. The van der Waals surface area contributed by atoms with Gasteiger partial charge in [-0.25, -0.2) is 4.98 Å². The molecule has 6 heteroatoms. The maximum atomic E-state index is 12.8. The molecule has 0 amide bonds. The first-order chi connectivity index (χ1) is 8.82. The van der Waals surface area contributed by atoms with E-state index in [9.17, 15) is 13.2 Å². The summed E-state index contributed by atoms with van der Waals surface area (Å²) >= 11 is 0. The molecule has 1 aliphatic heterocycles. The third-order valence-electron chi connectivity index (χ3n) is 3.45. The number of hydrogen-bond acceptors (Lipinski definition) is 3. The van der Waals surface area contributed by atoms with Crippen LogP contribution in [0.1, 0.15) is 24.6 Å². The van der Waals surface area contributed by atoms with Crippen molar-refractivity contribution in [3.8, 4) is 5.88 Å². The molecule has 1 atom stereocenters. The predicted molar refractivity (Wildman–Crippen MR) is 65.1 cm³/mol. The molecule has 0 bridgehead atoms. The van der Waals surface area contributed by atoms with Crippen molar-refractivity contribution in [2.45, 2.75) is 25.9 Å². The summed E-state index contributed by atoms with van der Waals surface area (Å²) in [5.74, 6) is 0.0133. The van der Waals surface area contributed by atoms with Gasteiger partial charge in [-0.05, 0) is 36.4 Å². The van der Waals surface area contributed by atoms with Crippen LogP contribution in [0.4, 0.5) is 13.2 Å². The van der Waals surface area contributed by atoms with E-state index in [1.54, 1.807) is 6.07 Å². The van der Waals surface area contributed by atoms with Crippen LogP contribution in [-0.2, 0) is 12.6 Å². The second-order valence-corrected chi connectivity index (χ2v) is 5.31. The van der Waals surface area contributed by atoms with Gasteiger partial charge in [0.1, 0.15) is 5.69 Å². The van der Waals surface area contributed by atoms with E-state index in [0.717, 1.165) is 25.6 Å². The Labute approximate surface area is 110 Å². The zero-order valence-electron chi connectivity index (χ0n) is 11.0. The average molecular weight is 274 g/mol. The maximum absolute atomic E-state index is 12.8. The van der Waals surface area contributed by atoms with Crippen molar-refractivity contribution in [2.24, 2.45) is 5.41 Å². The van der Waals surface area contributed by atoms with Crippen molar-refractivity contribution in [1.29, 1.82) is 0 Å². The first-order valence-corrected chi connectivity index (χ1v) is 6.15. The van der Waals surface area contributed by atoms with Crippen molar-refractivity contribution in [3.05, 3.63) is 23.4 Å². The number of methoxy groups -OCH3 is 1. The molecule has 0 aromatic carbocycles. The minimum Gasteiger partial charge on any atom is -0.481 e. The Hall–Kier alpha value is -1.30. The summed E-state index contributed by atoms with van der Waals surface area (Å²) in [7, 11) is 1.32. The quantitative estimate of drug-likeness (QED) is 0.920. The van der Waals surface area contributed by atoms with Crippen molar-refractivity contribution in [3.63, 3.8) is 0 Å². The maximum Gasteiger partial charge on any atom is 0.433 e. The van der Waals surface area contributed by atoms with Gasteiger partial charge in [-0.2, -0.15) is 13.2 Å². The van der Waals surface area contributed by atoms with Crippen molar-refractivity contribution >= 4 is 0 Å². The van der Waals surface area contributed by atoms with Gasteiger partial charge in [-0.15, -0.1) is 0 Å². The molecule has 1 fully saturated rings. The van der Waals surface area contributed by atoms with E-state index in [4.69, 9.17) is 4.74 Å². The number of nitrogens with zero attached hydrogens (tertiary/aromatic N) is 1. The molecule has 0 spiro atoms. The molecule has 1 aromatic heterocycles. The fraction of sp³-hybridized carbons (Fsp3) is 0.615. The fourth-order valence-electron chi connectivity index (χ4n) is 2.42. The van der Waals surface area contributed by atoms with Gasteiger partial charge in [-0.1, -0.05) is 6.92 Å². The molecule has 1 aromatic rings. The minimum absolute atomic E-state index is 0.00473. The van der Waals surface area contributed by atoms with E-state index in [2.05, 4.69) is 17.2 Å². The number of alkyl halides is 3. The molecule has 1 aliphatic rings. The first kappa shape index (κ1) is 14.1. The normalized spacial score (nSPS) is 23.6. The molecule has 1 saturated heterocycles. The van der Waals surface area contributed by atoms with Crippen molar-refractivity contribution < 1.29 is 17.9 Å². The monoisotopic (exact) mass is 274 g/mol. The molecule has 2 rings (SSSR count). The zero-order valence-corrected chi connectivity index (χ0v) is 11.0. The van der Waals surface area contributed by atoms with Gasteiger partial charge < -0.3 is 10.1 Å². The summed E-state index contributed by atoms with van der Waals surface area (Å²) in [6, 6.07) is 2.70. The summed E-state index contributed by atoms with van der Waals surface area (Å²) < 4.78 is 43.1. The van der Waals surface area contributed by atoms with Gasteiger partial charge >= 0.3 is 6.18 Å². The van der Waals surface area contributed by atoms with Crippen LogP contribution < -0.4 is 10.1 Å². The van der Waals surface area contributed by atoms with Gasteiger partial charge in [-0.3, -0.25) is 0 Å². The smallest absolute Gasteiger partial charge is 0.433 e. The van der Waals surface area contributed by atoms with Crippen molar-refractivity contribution in [2.75, 3.05) is 20.2 Å². The minimum atomic E-state index is -4.45. The molecule has 19 heavy (non-hydrogen) atoms. The molecular weight excluding hydrogens is 257 g/mol. The molecule has 0 aliphatic carbocycles. The third kappa shape index (κ3) is 3.37. The Morgan fingerprint density at radius 3 is 2.68 bits per heavy atom. The molecule has 0 unspecified atom stereocenters. The van der Waals surface area contributed by atoms with E-state index in [1.807, 2.05) is 0 Å². The number of hydrogen-bond donors (Lipinski definition) is 1. The van der Waals surface area contributed by atoms with Crippen LogP contribution in [0.25, 0.3) is 0 Å². The highest BCUT2D eigenvalue weighted by molar-refractivity contribution is 5.27. The SMILES string of the molecule is COc1cc(C[C@@]2(C)CCNC2)cc(C(F)(F)F)n1. The number of halogens is 3. The first-order valence-electron chi connectivity index (χ1n) is 6.15. The molecule has 106 valence electrons. The standard InChI is InChI=1S/C13H17F3N2O/c1-12(3-4-17-8-12)7-9-5-10(13(14,15)16)18-11(6-9)19-2/h5-6,17H,3-4,7-8H2,1-2H3/t12-/m1/s1. The average Bonchev–Trinajstić information content (AvgIpc) is 2.74. The fourth-order valence-corrected chi connectivity index (χ4v) is 2.42. The van der Waals surface area contributed by atoms with E-state index in [1.165, 1.54) is 7.11 Å².